The lowest BCUT2D eigenvalue weighted by molar-refractivity contribution is -0.141. The molecule has 0 radical (unpaired) electrons. The molecule has 1 fully saturated rings. The molecule has 25 heavy (non-hydrogen) atoms. The predicted octanol–water partition coefficient (Wildman–Crippen LogP) is 3.07. The molecule has 5 nitrogen and oxygen atoms in total. The molecule has 0 spiro atoms. The van der Waals surface area contributed by atoms with Gasteiger partial charge in [-0.1, -0.05) is 12.1 Å². The van der Waals surface area contributed by atoms with Gasteiger partial charge in [0.2, 0.25) is 10.0 Å². The first-order valence-corrected chi connectivity index (χ1v) is 9.36. The van der Waals surface area contributed by atoms with Crippen molar-refractivity contribution in [2.75, 3.05) is 6.54 Å². The third-order valence-electron chi connectivity index (χ3n) is 4.01. The third-order valence-corrected chi connectivity index (χ3v) is 5.47. The number of aromatic nitrogens is 2. The molecule has 0 atom stereocenters. The highest BCUT2D eigenvalue weighted by atomic mass is 32.2. The highest BCUT2D eigenvalue weighted by molar-refractivity contribution is 7.89. The molecule has 0 amide bonds. The van der Waals surface area contributed by atoms with Crippen molar-refractivity contribution in [3.8, 4) is 0 Å². The maximum Gasteiger partial charge on any atom is 0.435 e. The quantitative estimate of drug-likeness (QED) is 0.846. The minimum atomic E-state index is -4.50. The molecule has 9 heteroatoms. The molecule has 0 saturated heterocycles. The van der Waals surface area contributed by atoms with E-state index < -0.39 is 21.9 Å². The van der Waals surface area contributed by atoms with Crippen molar-refractivity contribution in [1.82, 2.24) is 14.5 Å². The van der Waals surface area contributed by atoms with E-state index in [1.165, 1.54) is 16.8 Å². The fraction of sp³-hybridized carbons (Fsp3) is 0.438. The van der Waals surface area contributed by atoms with Crippen LogP contribution in [0.15, 0.2) is 35.2 Å². The van der Waals surface area contributed by atoms with Crippen molar-refractivity contribution in [3.05, 3.63) is 47.3 Å². The maximum absolute atomic E-state index is 12.8. The van der Waals surface area contributed by atoms with E-state index in [0.29, 0.717) is 5.69 Å². The van der Waals surface area contributed by atoms with Gasteiger partial charge in [0.15, 0.2) is 5.69 Å². The number of aryl methyl sites for hydroxylation is 1. The van der Waals surface area contributed by atoms with Crippen LogP contribution in [0.4, 0.5) is 13.2 Å². The summed E-state index contributed by atoms with van der Waals surface area (Å²) in [5.41, 5.74) is 0.388. The standard InChI is InChI=1S/C16H18F3N3O2S/c1-11-3-2-4-13(9-11)25(23,24)20-7-8-22-14(12-5-6-12)10-15(21-22)16(17,18)19/h2-4,9-10,12,20H,5-8H2,1H3. The Morgan fingerprint density at radius 2 is 2.00 bits per heavy atom. The fourth-order valence-corrected chi connectivity index (χ4v) is 3.73. The smallest absolute Gasteiger partial charge is 0.267 e. The largest absolute Gasteiger partial charge is 0.435 e. The lowest BCUT2D eigenvalue weighted by atomic mass is 10.2. The molecule has 1 aromatic heterocycles. The van der Waals surface area contributed by atoms with Gasteiger partial charge in [-0.15, -0.1) is 0 Å². The van der Waals surface area contributed by atoms with E-state index in [2.05, 4.69) is 9.82 Å². The monoisotopic (exact) mass is 373 g/mol. The molecule has 2 aromatic rings. The number of halogens is 3. The van der Waals surface area contributed by atoms with Crippen LogP contribution in [0.1, 0.15) is 35.7 Å². The second-order valence-corrected chi connectivity index (χ2v) is 7.93. The van der Waals surface area contributed by atoms with Crippen molar-refractivity contribution in [3.63, 3.8) is 0 Å². The summed E-state index contributed by atoms with van der Waals surface area (Å²) in [4.78, 5) is 0.131. The Hall–Kier alpha value is -1.87. The van der Waals surface area contributed by atoms with Gasteiger partial charge in [0.1, 0.15) is 0 Å². The summed E-state index contributed by atoms with van der Waals surface area (Å²) in [6, 6.07) is 7.49. The fourth-order valence-electron chi connectivity index (χ4n) is 2.61. The van der Waals surface area contributed by atoms with E-state index in [1.807, 2.05) is 0 Å². The Labute approximate surface area is 143 Å². The van der Waals surface area contributed by atoms with Gasteiger partial charge < -0.3 is 0 Å². The van der Waals surface area contributed by atoms with Crippen LogP contribution in [-0.2, 0) is 22.7 Å². The molecule has 0 unspecified atom stereocenters. The molecule has 1 aliphatic rings. The number of nitrogens with one attached hydrogen (secondary N) is 1. The molecule has 1 heterocycles. The molecule has 1 saturated carbocycles. The molecular weight excluding hydrogens is 355 g/mol. The van der Waals surface area contributed by atoms with Crippen LogP contribution < -0.4 is 4.72 Å². The highest BCUT2D eigenvalue weighted by Crippen LogP contribution is 2.42. The van der Waals surface area contributed by atoms with Crippen molar-refractivity contribution < 1.29 is 21.6 Å². The number of benzene rings is 1. The van der Waals surface area contributed by atoms with Crippen LogP contribution in [0.2, 0.25) is 0 Å². The third kappa shape index (κ3) is 4.21. The average Bonchev–Trinajstić information content (AvgIpc) is 3.26. The number of sulfonamides is 1. The van der Waals surface area contributed by atoms with Crippen LogP contribution in [0, 0.1) is 6.92 Å². The van der Waals surface area contributed by atoms with Gasteiger partial charge >= 0.3 is 6.18 Å². The first-order chi connectivity index (χ1) is 11.7. The van der Waals surface area contributed by atoms with E-state index in [1.54, 1.807) is 19.1 Å². The summed E-state index contributed by atoms with van der Waals surface area (Å²) in [7, 11) is -3.71. The van der Waals surface area contributed by atoms with E-state index in [-0.39, 0.29) is 23.9 Å². The van der Waals surface area contributed by atoms with Gasteiger partial charge in [-0.2, -0.15) is 18.3 Å². The van der Waals surface area contributed by atoms with Crippen LogP contribution in [-0.4, -0.2) is 24.7 Å². The van der Waals surface area contributed by atoms with Crippen molar-refractivity contribution in [1.29, 1.82) is 0 Å². The van der Waals surface area contributed by atoms with Crippen LogP contribution in [0.5, 0.6) is 0 Å². The average molecular weight is 373 g/mol. The zero-order valence-corrected chi connectivity index (χ0v) is 14.4. The summed E-state index contributed by atoms with van der Waals surface area (Å²) in [5.74, 6) is 0.0805. The SMILES string of the molecule is Cc1cccc(S(=O)(=O)NCCn2nc(C(F)(F)F)cc2C2CC2)c1. The molecule has 136 valence electrons. The van der Waals surface area contributed by atoms with Crippen molar-refractivity contribution >= 4 is 10.0 Å². The minimum absolute atomic E-state index is 0.0328. The number of nitrogens with zero attached hydrogens (tertiary/aromatic N) is 2. The topological polar surface area (TPSA) is 64.0 Å². The van der Waals surface area contributed by atoms with Crippen LogP contribution >= 0.6 is 0 Å². The Morgan fingerprint density at radius 1 is 1.28 bits per heavy atom. The van der Waals surface area contributed by atoms with Gasteiger partial charge in [0.05, 0.1) is 11.4 Å². The number of hydrogen-bond acceptors (Lipinski definition) is 3. The Balaban J connectivity index is 1.70. The van der Waals surface area contributed by atoms with Gasteiger partial charge in [0.25, 0.3) is 0 Å². The van der Waals surface area contributed by atoms with Gasteiger partial charge in [-0.05, 0) is 43.5 Å². The Kier molecular flexibility index (Phi) is 4.63. The Bertz CT molecular complexity index is 871. The van der Waals surface area contributed by atoms with Gasteiger partial charge in [-0.25, -0.2) is 13.1 Å². The lowest BCUT2D eigenvalue weighted by Gasteiger charge is -2.09. The normalized spacial score (nSPS) is 15.5. The van der Waals surface area contributed by atoms with E-state index in [9.17, 15) is 21.6 Å². The highest BCUT2D eigenvalue weighted by Gasteiger charge is 2.37. The molecular formula is C16H18F3N3O2S. The number of alkyl halides is 3. The summed E-state index contributed by atoms with van der Waals surface area (Å²) >= 11 is 0. The van der Waals surface area contributed by atoms with Crippen LogP contribution in [0.3, 0.4) is 0 Å². The first-order valence-electron chi connectivity index (χ1n) is 7.88. The van der Waals surface area contributed by atoms with Gasteiger partial charge in [-0.3, -0.25) is 4.68 Å². The molecule has 0 bridgehead atoms. The number of rotatable bonds is 6. The summed E-state index contributed by atoms with van der Waals surface area (Å²) in [6.45, 7) is 1.80. The maximum atomic E-state index is 12.8. The van der Waals surface area contributed by atoms with E-state index >= 15 is 0 Å². The lowest BCUT2D eigenvalue weighted by Crippen LogP contribution is -2.28. The minimum Gasteiger partial charge on any atom is -0.267 e. The van der Waals surface area contributed by atoms with E-state index in [4.69, 9.17) is 0 Å². The summed E-state index contributed by atoms with van der Waals surface area (Å²) in [6.07, 6.45) is -2.84. The number of hydrogen-bond donors (Lipinski definition) is 1. The summed E-state index contributed by atoms with van der Waals surface area (Å²) < 4.78 is 66.7. The second-order valence-electron chi connectivity index (χ2n) is 6.16. The second kappa shape index (κ2) is 6.45. The zero-order chi connectivity index (χ0) is 18.2. The summed E-state index contributed by atoms with van der Waals surface area (Å²) in [5, 5.41) is 3.61. The molecule has 3 rings (SSSR count). The molecule has 0 aliphatic heterocycles. The van der Waals surface area contributed by atoms with Crippen molar-refractivity contribution in [2.45, 2.75) is 43.3 Å². The predicted molar refractivity (Wildman–Crippen MR) is 85.6 cm³/mol. The molecule has 1 aromatic carbocycles. The van der Waals surface area contributed by atoms with Crippen LogP contribution in [0.25, 0.3) is 0 Å². The first kappa shape index (κ1) is 17.9. The Morgan fingerprint density at radius 3 is 2.60 bits per heavy atom. The molecule has 1 N–H and O–H groups in total. The van der Waals surface area contributed by atoms with Gasteiger partial charge in [0, 0.05) is 18.2 Å². The van der Waals surface area contributed by atoms with E-state index in [0.717, 1.165) is 24.5 Å². The van der Waals surface area contributed by atoms with Crippen molar-refractivity contribution in [2.24, 2.45) is 0 Å². The molecule has 1 aliphatic carbocycles. The zero-order valence-electron chi connectivity index (χ0n) is 13.5.